The standard InChI is InChI=1S/C18H30O2SSi/c1-14-13-18(10-11-19-14,15-8-7-9-16(21)12-15)20-22(5,6)17(2,3)4/h7-9,12,14,21H,10-11,13H2,1-6H3/t14-,18+/m0/s1. The Hall–Kier alpha value is -0.293. The van der Waals surface area contributed by atoms with Crippen LogP contribution in [0.25, 0.3) is 0 Å². The second-order valence-electron chi connectivity index (χ2n) is 8.04. The van der Waals surface area contributed by atoms with Crippen molar-refractivity contribution in [2.75, 3.05) is 6.61 Å². The van der Waals surface area contributed by atoms with Gasteiger partial charge in [0.15, 0.2) is 8.32 Å². The monoisotopic (exact) mass is 338 g/mol. The Morgan fingerprint density at radius 1 is 1.32 bits per heavy atom. The molecule has 124 valence electrons. The van der Waals surface area contributed by atoms with Gasteiger partial charge in [-0.2, -0.15) is 0 Å². The molecular weight excluding hydrogens is 308 g/mol. The van der Waals surface area contributed by atoms with E-state index in [1.807, 2.05) is 6.07 Å². The van der Waals surface area contributed by atoms with Gasteiger partial charge >= 0.3 is 0 Å². The zero-order chi connectivity index (χ0) is 16.6. The fourth-order valence-electron chi connectivity index (χ4n) is 2.89. The first kappa shape index (κ1) is 18.1. The van der Waals surface area contributed by atoms with E-state index in [4.69, 9.17) is 9.16 Å². The predicted molar refractivity (Wildman–Crippen MR) is 98.3 cm³/mol. The summed E-state index contributed by atoms with van der Waals surface area (Å²) in [4.78, 5) is 0.995. The number of ether oxygens (including phenoxy) is 1. The normalized spacial score (nSPS) is 27.0. The Balaban J connectivity index is 2.43. The molecule has 0 spiro atoms. The van der Waals surface area contributed by atoms with Crippen molar-refractivity contribution in [2.45, 2.75) is 75.3 Å². The second-order valence-corrected chi connectivity index (χ2v) is 13.3. The Labute approximate surface area is 142 Å². The first-order valence-corrected chi connectivity index (χ1v) is 11.5. The van der Waals surface area contributed by atoms with Gasteiger partial charge in [0.25, 0.3) is 0 Å². The molecule has 0 saturated carbocycles. The Bertz CT molecular complexity index is 524. The zero-order valence-corrected chi connectivity index (χ0v) is 16.7. The van der Waals surface area contributed by atoms with Gasteiger partial charge in [-0.25, -0.2) is 0 Å². The SMILES string of the molecule is C[C@H]1C[C@@](O[Si](C)(C)C(C)(C)C)(c2cccc(S)c2)CCO1. The molecule has 4 heteroatoms. The fourth-order valence-corrected chi connectivity index (χ4v) is 4.71. The Morgan fingerprint density at radius 3 is 2.55 bits per heavy atom. The van der Waals surface area contributed by atoms with Gasteiger partial charge in [0.05, 0.1) is 11.7 Å². The minimum absolute atomic E-state index is 0.195. The second kappa shape index (κ2) is 6.31. The summed E-state index contributed by atoms with van der Waals surface area (Å²) in [6.07, 6.45) is 2.06. The number of hydrogen-bond acceptors (Lipinski definition) is 3. The minimum Gasteiger partial charge on any atom is -0.407 e. The van der Waals surface area contributed by atoms with E-state index in [9.17, 15) is 0 Å². The molecule has 0 amide bonds. The van der Waals surface area contributed by atoms with E-state index in [0.29, 0.717) is 0 Å². The summed E-state index contributed by atoms with van der Waals surface area (Å²) < 4.78 is 12.8. The highest BCUT2D eigenvalue weighted by atomic mass is 32.1. The molecule has 1 saturated heterocycles. The third kappa shape index (κ3) is 3.78. The number of thiol groups is 1. The van der Waals surface area contributed by atoms with E-state index >= 15 is 0 Å². The quantitative estimate of drug-likeness (QED) is 0.588. The van der Waals surface area contributed by atoms with Gasteiger partial charge in [0, 0.05) is 24.3 Å². The van der Waals surface area contributed by atoms with Crippen molar-refractivity contribution in [2.24, 2.45) is 0 Å². The molecule has 2 atom stereocenters. The van der Waals surface area contributed by atoms with Crippen molar-refractivity contribution >= 4 is 20.9 Å². The molecule has 0 aromatic heterocycles. The molecule has 2 nitrogen and oxygen atoms in total. The highest BCUT2D eigenvalue weighted by molar-refractivity contribution is 7.80. The lowest BCUT2D eigenvalue weighted by molar-refractivity contribution is -0.0932. The number of hydrogen-bond donors (Lipinski definition) is 1. The van der Waals surface area contributed by atoms with Crippen molar-refractivity contribution in [3.05, 3.63) is 29.8 Å². The van der Waals surface area contributed by atoms with Crippen molar-refractivity contribution in [1.82, 2.24) is 0 Å². The van der Waals surface area contributed by atoms with Crippen LogP contribution in [-0.4, -0.2) is 21.0 Å². The molecule has 1 aromatic rings. The zero-order valence-electron chi connectivity index (χ0n) is 14.8. The Morgan fingerprint density at radius 2 is 2.00 bits per heavy atom. The third-order valence-corrected chi connectivity index (χ3v) is 9.95. The van der Waals surface area contributed by atoms with Crippen LogP contribution in [0.2, 0.25) is 18.1 Å². The summed E-state index contributed by atoms with van der Waals surface area (Å²) in [7, 11) is -1.87. The van der Waals surface area contributed by atoms with Gasteiger partial charge in [0.1, 0.15) is 0 Å². The summed E-state index contributed by atoms with van der Waals surface area (Å²) in [6.45, 7) is 14.5. The van der Waals surface area contributed by atoms with Crippen molar-refractivity contribution < 1.29 is 9.16 Å². The van der Waals surface area contributed by atoms with Crippen LogP contribution in [0.4, 0.5) is 0 Å². The predicted octanol–water partition coefficient (Wildman–Crippen LogP) is 5.39. The maximum Gasteiger partial charge on any atom is 0.193 e. The van der Waals surface area contributed by atoms with Crippen LogP contribution >= 0.6 is 12.6 Å². The van der Waals surface area contributed by atoms with Gasteiger partial charge in [-0.1, -0.05) is 32.9 Å². The summed E-state index contributed by atoms with van der Waals surface area (Å²) in [5, 5.41) is 0.195. The van der Waals surface area contributed by atoms with Crippen LogP contribution in [0.1, 0.15) is 46.1 Å². The fraction of sp³-hybridized carbons (Fsp3) is 0.667. The molecule has 22 heavy (non-hydrogen) atoms. The topological polar surface area (TPSA) is 18.5 Å². The highest BCUT2D eigenvalue weighted by Gasteiger charge is 2.47. The molecule has 2 rings (SSSR count). The average Bonchev–Trinajstić information content (AvgIpc) is 2.36. The van der Waals surface area contributed by atoms with E-state index in [-0.39, 0.29) is 16.7 Å². The van der Waals surface area contributed by atoms with Crippen LogP contribution in [0.15, 0.2) is 29.2 Å². The molecule has 0 bridgehead atoms. The van der Waals surface area contributed by atoms with Crippen LogP contribution in [0, 0.1) is 0 Å². The van der Waals surface area contributed by atoms with E-state index in [1.165, 1.54) is 5.56 Å². The number of rotatable bonds is 3. The largest absolute Gasteiger partial charge is 0.407 e. The smallest absolute Gasteiger partial charge is 0.193 e. The summed E-state index contributed by atoms with van der Waals surface area (Å²) in [6, 6.07) is 8.45. The summed E-state index contributed by atoms with van der Waals surface area (Å²) >= 11 is 4.53. The molecule has 0 aliphatic carbocycles. The van der Waals surface area contributed by atoms with E-state index in [0.717, 1.165) is 24.3 Å². The minimum atomic E-state index is -1.87. The van der Waals surface area contributed by atoms with Crippen molar-refractivity contribution in [1.29, 1.82) is 0 Å². The summed E-state index contributed by atoms with van der Waals surface area (Å²) in [5.41, 5.74) is 1.01. The van der Waals surface area contributed by atoms with E-state index < -0.39 is 8.32 Å². The van der Waals surface area contributed by atoms with Gasteiger partial charge in [0.2, 0.25) is 0 Å². The molecule has 1 aliphatic heterocycles. The van der Waals surface area contributed by atoms with Crippen LogP contribution < -0.4 is 0 Å². The van der Waals surface area contributed by atoms with Crippen LogP contribution in [0.3, 0.4) is 0 Å². The van der Waals surface area contributed by atoms with E-state index in [2.05, 4.69) is 71.6 Å². The first-order valence-electron chi connectivity index (χ1n) is 8.17. The summed E-state index contributed by atoms with van der Waals surface area (Å²) in [5.74, 6) is 0. The molecule has 0 N–H and O–H groups in total. The molecule has 1 aliphatic rings. The van der Waals surface area contributed by atoms with Crippen molar-refractivity contribution in [3.8, 4) is 0 Å². The molecular formula is C18H30O2SSi. The van der Waals surface area contributed by atoms with E-state index in [1.54, 1.807) is 0 Å². The molecule has 1 aromatic carbocycles. The van der Waals surface area contributed by atoms with Gasteiger partial charge in [-0.05, 0) is 42.8 Å². The number of benzene rings is 1. The van der Waals surface area contributed by atoms with Crippen molar-refractivity contribution in [3.63, 3.8) is 0 Å². The third-order valence-electron chi connectivity index (χ3n) is 5.15. The molecule has 1 fully saturated rings. The lowest BCUT2D eigenvalue weighted by atomic mass is 9.84. The lowest BCUT2D eigenvalue weighted by Gasteiger charge is -2.49. The van der Waals surface area contributed by atoms with Gasteiger partial charge in [-0.15, -0.1) is 12.6 Å². The molecule has 0 radical (unpaired) electrons. The molecule has 1 heterocycles. The first-order chi connectivity index (χ1) is 10.1. The highest BCUT2D eigenvalue weighted by Crippen LogP contribution is 2.46. The van der Waals surface area contributed by atoms with Gasteiger partial charge < -0.3 is 9.16 Å². The Kier molecular flexibility index (Phi) is 5.18. The van der Waals surface area contributed by atoms with Crippen LogP contribution in [-0.2, 0) is 14.8 Å². The molecule has 0 unspecified atom stereocenters. The van der Waals surface area contributed by atoms with Crippen LogP contribution in [0.5, 0.6) is 0 Å². The van der Waals surface area contributed by atoms with Gasteiger partial charge in [-0.3, -0.25) is 0 Å². The maximum atomic E-state index is 6.97. The maximum absolute atomic E-state index is 6.97. The lowest BCUT2D eigenvalue weighted by Crippen LogP contribution is -2.51. The average molecular weight is 339 g/mol.